The minimum absolute atomic E-state index is 0.137. The quantitative estimate of drug-likeness (QED) is 0.763. The summed E-state index contributed by atoms with van der Waals surface area (Å²) in [5.41, 5.74) is 0.555. The van der Waals surface area contributed by atoms with Crippen molar-refractivity contribution < 1.29 is 14.3 Å². The third-order valence-corrected chi connectivity index (χ3v) is 2.08. The Bertz CT molecular complexity index is 473. The number of carboxylic acid groups (broad SMARTS) is 1. The van der Waals surface area contributed by atoms with Crippen molar-refractivity contribution in [2.75, 3.05) is 0 Å². The molecule has 4 heteroatoms. The Kier molecular flexibility index (Phi) is 1.74. The van der Waals surface area contributed by atoms with Crippen molar-refractivity contribution in [3.8, 4) is 0 Å². The second-order valence-corrected chi connectivity index (χ2v) is 2.98. The second-order valence-electron chi connectivity index (χ2n) is 2.57. The van der Waals surface area contributed by atoms with Crippen LogP contribution in [0.25, 0.3) is 11.0 Å². The summed E-state index contributed by atoms with van der Waals surface area (Å²) in [6, 6.07) is 5.00. The zero-order valence-electron chi connectivity index (χ0n) is 6.45. The number of hydrogen-bond acceptors (Lipinski definition) is 2. The molecule has 0 unspecified atom stereocenters. The van der Waals surface area contributed by atoms with Gasteiger partial charge in [0, 0.05) is 5.39 Å². The predicted molar refractivity (Wildman–Crippen MR) is 48.2 cm³/mol. The Labute approximate surface area is 78.5 Å². The Hall–Kier alpha value is -1.48. The van der Waals surface area contributed by atoms with Crippen LogP contribution in [0.3, 0.4) is 0 Å². The van der Waals surface area contributed by atoms with Gasteiger partial charge in [-0.3, -0.25) is 0 Å². The molecular formula is C9H5ClO3. The molecule has 2 rings (SSSR count). The van der Waals surface area contributed by atoms with Crippen LogP contribution < -0.4 is 0 Å². The van der Waals surface area contributed by atoms with Crippen LogP contribution in [-0.4, -0.2) is 11.1 Å². The molecule has 1 aromatic heterocycles. The molecular weight excluding hydrogens is 192 g/mol. The third kappa shape index (κ3) is 1.17. The second kappa shape index (κ2) is 2.78. The van der Waals surface area contributed by atoms with Crippen LogP contribution in [0.5, 0.6) is 0 Å². The number of hydrogen-bond donors (Lipinski definition) is 1. The highest BCUT2D eigenvalue weighted by Crippen LogP contribution is 2.27. The van der Waals surface area contributed by atoms with E-state index in [2.05, 4.69) is 0 Å². The molecule has 0 aliphatic heterocycles. The molecule has 0 amide bonds. The number of benzene rings is 1. The lowest BCUT2D eigenvalue weighted by Crippen LogP contribution is -1.93. The van der Waals surface area contributed by atoms with Crippen LogP contribution in [0.15, 0.2) is 28.9 Å². The summed E-state index contributed by atoms with van der Waals surface area (Å²) in [6.45, 7) is 0. The molecule has 3 nitrogen and oxygen atoms in total. The van der Waals surface area contributed by atoms with Crippen molar-refractivity contribution in [2.45, 2.75) is 0 Å². The van der Waals surface area contributed by atoms with E-state index in [1.807, 2.05) is 0 Å². The number of carboxylic acids is 1. The van der Waals surface area contributed by atoms with E-state index in [1.165, 1.54) is 6.26 Å². The average Bonchev–Trinajstić information content (AvgIpc) is 2.48. The van der Waals surface area contributed by atoms with E-state index in [4.69, 9.17) is 21.1 Å². The topological polar surface area (TPSA) is 50.4 Å². The van der Waals surface area contributed by atoms with Crippen LogP contribution in [0, 0.1) is 0 Å². The normalized spacial score (nSPS) is 10.5. The van der Waals surface area contributed by atoms with Crippen LogP contribution in [0.4, 0.5) is 0 Å². The number of carbonyl (C=O) groups is 1. The van der Waals surface area contributed by atoms with Crippen molar-refractivity contribution in [3.63, 3.8) is 0 Å². The molecule has 0 fully saturated rings. The van der Waals surface area contributed by atoms with Gasteiger partial charge < -0.3 is 9.52 Å². The number of aromatic carboxylic acids is 1. The lowest BCUT2D eigenvalue weighted by atomic mass is 10.2. The number of furan rings is 1. The summed E-state index contributed by atoms with van der Waals surface area (Å²) in [7, 11) is 0. The van der Waals surface area contributed by atoms with Crippen LogP contribution in [-0.2, 0) is 0 Å². The summed E-state index contributed by atoms with van der Waals surface area (Å²) in [5, 5.41) is 9.71. The molecule has 0 atom stereocenters. The molecule has 0 aliphatic rings. The average molecular weight is 197 g/mol. The fourth-order valence-electron chi connectivity index (χ4n) is 1.19. The first-order valence-corrected chi connectivity index (χ1v) is 3.97. The molecule has 1 N–H and O–H groups in total. The maximum atomic E-state index is 10.7. The van der Waals surface area contributed by atoms with Crippen LogP contribution in [0.1, 0.15) is 10.4 Å². The van der Waals surface area contributed by atoms with E-state index in [9.17, 15) is 4.79 Å². The first-order chi connectivity index (χ1) is 6.20. The highest BCUT2D eigenvalue weighted by molar-refractivity contribution is 6.35. The molecule has 0 bridgehead atoms. The van der Waals surface area contributed by atoms with Gasteiger partial charge in [0.25, 0.3) is 0 Å². The molecule has 0 aliphatic carbocycles. The van der Waals surface area contributed by atoms with E-state index in [0.29, 0.717) is 16.0 Å². The maximum absolute atomic E-state index is 10.7. The molecule has 13 heavy (non-hydrogen) atoms. The fourth-order valence-corrected chi connectivity index (χ4v) is 1.41. The zero-order chi connectivity index (χ0) is 9.42. The molecule has 0 spiro atoms. The van der Waals surface area contributed by atoms with Gasteiger partial charge in [-0.1, -0.05) is 23.7 Å². The molecule has 1 heterocycles. The Morgan fingerprint density at radius 3 is 2.92 bits per heavy atom. The van der Waals surface area contributed by atoms with Crippen molar-refractivity contribution in [3.05, 3.63) is 35.0 Å². The van der Waals surface area contributed by atoms with Gasteiger partial charge in [0.15, 0.2) is 5.58 Å². The number of fused-ring (bicyclic) bond motifs is 1. The van der Waals surface area contributed by atoms with Gasteiger partial charge in [0.1, 0.15) is 11.8 Å². The summed E-state index contributed by atoms with van der Waals surface area (Å²) >= 11 is 5.79. The van der Waals surface area contributed by atoms with Crippen molar-refractivity contribution in [1.29, 1.82) is 0 Å². The first-order valence-electron chi connectivity index (χ1n) is 3.59. The van der Waals surface area contributed by atoms with Crippen molar-refractivity contribution in [1.82, 2.24) is 0 Å². The Morgan fingerprint density at radius 2 is 2.23 bits per heavy atom. The van der Waals surface area contributed by atoms with E-state index in [1.54, 1.807) is 18.2 Å². The van der Waals surface area contributed by atoms with Gasteiger partial charge in [-0.25, -0.2) is 4.79 Å². The maximum Gasteiger partial charge on any atom is 0.339 e. The molecule has 66 valence electrons. The van der Waals surface area contributed by atoms with Gasteiger partial charge in [0.2, 0.25) is 0 Å². The highest BCUT2D eigenvalue weighted by atomic mass is 35.5. The smallest absolute Gasteiger partial charge is 0.339 e. The minimum atomic E-state index is -1.01. The van der Waals surface area contributed by atoms with Gasteiger partial charge in [-0.05, 0) is 6.07 Å². The summed E-state index contributed by atoms with van der Waals surface area (Å²) in [5.74, 6) is -1.01. The van der Waals surface area contributed by atoms with Gasteiger partial charge in [-0.15, -0.1) is 0 Å². The van der Waals surface area contributed by atoms with E-state index < -0.39 is 5.97 Å². The predicted octanol–water partition coefficient (Wildman–Crippen LogP) is 2.78. The van der Waals surface area contributed by atoms with Crippen LogP contribution in [0.2, 0.25) is 5.02 Å². The standard InChI is InChI=1S/C9H5ClO3/c10-7-3-1-2-5-6(9(11)12)4-13-8(5)7/h1-4H,(H,11,12). The molecule has 0 radical (unpaired) electrons. The van der Waals surface area contributed by atoms with Crippen molar-refractivity contribution >= 4 is 28.5 Å². The lowest BCUT2D eigenvalue weighted by molar-refractivity contribution is 0.0698. The molecule has 1 aromatic carbocycles. The summed E-state index contributed by atoms with van der Waals surface area (Å²) in [4.78, 5) is 10.7. The van der Waals surface area contributed by atoms with Gasteiger partial charge in [0.05, 0.1) is 5.02 Å². The minimum Gasteiger partial charge on any atom is -0.478 e. The van der Waals surface area contributed by atoms with E-state index in [-0.39, 0.29) is 5.56 Å². The number of halogens is 1. The summed E-state index contributed by atoms with van der Waals surface area (Å²) in [6.07, 6.45) is 1.19. The van der Waals surface area contributed by atoms with Gasteiger partial charge >= 0.3 is 5.97 Å². The van der Waals surface area contributed by atoms with E-state index >= 15 is 0 Å². The number of para-hydroxylation sites is 1. The monoisotopic (exact) mass is 196 g/mol. The Balaban J connectivity index is 2.83. The largest absolute Gasteiger partial charge is 0.478 e. The first kappa shape index (κ1) is 8.13. The zero-order valence-corrected chi connectivity index (χ0v) is 7.21. The molecule has 2 aromatic rings. The molecule has 0 saturated heterocycles. The number of rotatable bonds is 1. The highest BCUT2D eigenvalue weighted by Gasteiger charge is 2.13. The van der Waals surface area contributed by atoms with Crippen LogP contribution >= 0.6 is 11.6 Å². The van der Waals surface area contributed by atoms with Gasteiger partial charge in [-0.2, -0.15) is 0 Å². The fraction of sp³-hybridized carbons (Fsp3) is 0. The summed E-state index contributed by atoms with van der Waals surface area (Å²) < 4.78 is 5.03. The SMILES string of the molecule is O=C(O)c1coc2c(Cl)cccc12. The van der Waals surface area contributed by atoms with Crippen molar-refractivity contribution in [2.24, 2.45) is 0 Å². The Morgan fingerprint density at radius 1 is 1.46 bits per heavy atom. The molecule has 0 saturated carbocycles. The van der Waals surface area contributed by atoms with E-state index in [0.717, 1.165) is 0 Å². The third-order valence-electron chi connectivity index (χ3n) is 1.78. The lowest BCUT2D eigenvalue weighted by Gasteiger charge is -1.91.